The Morgan fingerprint density at radius 2 is 2.18 bits per heavy atom. The van der Waals surface area contributed by atoms with Gasteiger partial charge in [0.1, 0.15) is 0 Å². The predicted molar refractivity (Wildman–Crippen MR) is 77.7 cm³/mol. The molecule has 0 spiro atoms. The first kappa shape index (κ1) is 15.3. The number of hydrogen-bond donors (Lipinski definition) is 2. The highest BCUT2D eigenvalue weighted by atomic mass is 32.2. The molecule has 0 bridgehead atoms. The summed E-state index contributed by atoms with van der Waals surface area (Å²) in [4.78, 5) is 0. The first-order chi connectivity index (χ1) is 8.12. The molecule has 1 fully saturated rings. The van der Waals surface area contributed by atoms with E-state index < -0.39 is 0 Å². The van der Waals surface area contributed by atoms with Crippen molar-refractivity contribution >= 4 is 11.8 Å². The first-order valence-electron chi connectivity index (χ1n) is 7.12. The van der Waals surface area contributed by atoms with E-state index in [-0.39, 0.29) is 12.1 Å². The Kier molecular flexibility index (Phi) is 6.90. The second-order valence-electron chi connectivity index (χ2n) is 5.68. The molecule has 0 aromatic carbocycles. The van der Waals surface area contributed by atoms with Gasteiger partial charge in [-0.2, -0.15) is 11.8 Å². The van der Waals surface area contributed by atoms with Gasteiger partial charge in [0, 0.05) is 16.8 Å². The van der Waals surface area contributed by atoms with Crippen LogP contribution in [0.25, 0.3) is 0 Å². The van der Waals surface area contributed by atoms with Crippen molar-refractivity contribution in [3.8, 4) is 0 Å². The molecule has 0 amide bonds. The van der Waals surface area contributed by atoms with Crippen LogP contribution in [0.4, 0.5) is 0 Å². The summed E-state index contributed by atoms with van der Waals surface area (Å²) in [6, 6.07) is 0.464. The minimum atomic E-state index is 0.0105. The fourth-order valence-electron chi connectivity index (χ4n) is 2.75. The van der Waals surface area contributed by atoms with Gasteiger partial charge in [-0.15, -0.1) is 0 Å². The summed E-state index contributed by atoms with van der Waals surface area (Å²) in [5.74, 6) is 1.29. The van der Waals surface area contributed by atoms with E-state index in [4.69, 9.17) is 0 Å². The van der Waals surface area contributed by atoms with Crippen LogP contribution in [-0.4, -0.2) is 34.3 Å². The van der Waals surface area contributed by atoms with Crippen LogP contribution in [0.2, 0.25) is 0 Å². The molecule has 2 atom stereocenters. The summed E-state index contributed by atoms with van der Waals surface area (Å²) < 4.78 is 0. The summed E-state index contributed by atoms with van der Waals surface area (Å²) in [7, 11) is 0. The van der Waals surface area contributed by atoms with E-state index in [0.717, 1.165) is 18.1 Å². The van der Waals surface area contributed by atoms with Crippen molar-refractivity contribution in [3.63, 3.8) is 0 Å². The Morgan fingerprint density at radius 3 is 2.76 bits per heavy atom. The Morgan fingerprint density at radius 1 is 1.41 bits per heavy atom. The lowest BCUT2D eigenvalue weighted by molar-refractivity contribution is 0.156. The van der Waals surface area contributed by atoms with Crippen molar-refractivity contribution in [2.75, 3.05) is 12.4 Å². The monoisotopic (exact) mass is 259 g/mol. The lowest BCUT2D eigenvalue weighted by atomic mass is 9.98. The van der Waals surface area contributed by atoms with Crippen LogP contribution in [-0.2, 0) is 0 Å². The summed E-state index contributed by atoms with van der Waals surface area (Å²) in [5, 5.41) is 13.9. The summed E-state index contributed by atoms with van der Waals surface area (Å²) in [6.07, 6.45) is 7.54. The molecule has 17 heavy (non-hydrogen) atoms. The number of hydrogen-bond acceptors (Lipinski definition) is 3. The molecule has 102 valence electrons. The van der Waals surface area contributed by atoms with E-state index in [1.165, 1.54) is 31.4 Å². The quantitative estimate of drug-likeness (QED) is 0.657. The summed E-state index contributed by atoms with van der Waals surface area (Å²) in [6.45, 7) is 6.87. The summed E-state index contributed by atoms with van der Waals surface area (Å²) in [5.41, 5.74) is 0.0105. The third-order valence-corrected chi connectivity index (χ3v) is 4.96. The smallest absolute Gasteiger partial charge is 0.0613 e. The van der Waals surface area contributed by atoms with Crippen molar-refractivity contribution < 1.29 is 5.11 Å². The fourth-order valence-corrected chi connectivity index (χ4v) is 4.18. The topological polar surface area (TPSA) is 32.3 Å². The van der Waals surface area contributed by atoms with Crippen LogP contribution < -0.4 is 5.32 Å². The lowest BCUT2D eigenvalue weighted by Crippen LogP contribution is -2.49. The van der Waals surface area contributed by atoms with Crippen LogP contribution >= 0.6 is 11.8 Å². The molecule has 0 heterocycles. The average Bonchev–Trinajstić information content (AvgIpc) is 2.68. The van der Waals surface area contributed by atoms with E-state index in [1.54, 1.807) is 0 Å². The number of aliphatic hydroxyl groups is 1. The molecule has 0 saturated heterocycles. The Hall–Kier alpha value is 0.270. The molecule has 0 radical (unpaired) electrons. The predicted octanol–water partition coefficient (Wildman–Crippen LogP) is 3.19. The van der Waals surface area contributed by atoms with Crippen molar-refractivity contribution in [2.45, 2.75) is 76.1 Å². The van der Waals surface area contributed by atoms with Crippen molar-refractivity contribution in [1.82, 2.24) is 5.32 Å². The van der Waals surface area contributed by atoms with E-state index in [2.05, 4.69) is 37.8 Å². The third kappa shape index (κ3) is 5.19. The van der Waals surface area contributed by atoms with Crippen molar-refractivity contribution in [2.24, 2.45) is 0 Å². The maximum atomic E-state index is 9.62. The first-order valence-corrected chi connectivity index (χ1v) is 8.17. The van der Waals surface area contributed by atoms with Gasteiger partial charge in [0.25, 0.3) is 0 Å². The van der Waals surface area contributed by atoms with Crippen LogP contribution in [0, 0.1) is 0 Å². The largest absolute Gasteiger partial charge is 0.394 e. The second-order valence-corrected chi connectivity index (χ2v) is 7.09. The van der Waals surface area contributed by atoms with Gasteiger partial charge >= 0.3 is 0 Å². The zero-order valence-corrected chi connectivity index (χ0v) is 12.5. The van der Waals surface area contributed by atoms with Gasteiger partial charge in [-0.05, 0) is 31.4 Å². The van der Waals surface area contributed by atoms with Crippen molar-refractivity contribution in [1.29, 1.82) is 0 Å². The number of aliphatic hydroxyl groups excluding tert-OH is 1. The normalized spacial score (nSPS) is 29.1. The second kappa shape index (κ2) is 7.65. The number of thioether (sulfide) groups is 1. The Balaban J connectivity index is 2.28. The standard InChI is InChI=1S/C14H29NOS/c1-4-5-6-9-17-13-7-8-14(10-13,11-16)15-12(2)3/h12-13,15-16H,4-11H2,1-3H3. The SMILES string of the molecule is CCCCCSC1CCC(CO)(NC(C)C)C1. The minimum Gasteiger partial charge on any atom is -0.394 e. The van der Waals surface area contributed by atoms with Gasteiger partial charge in [-0.25, -0.2) is 0 Å². The fraction of sp³-hybridized carbons (Fsp3) is 1.00. The molecule has 1 rings (SSSR count). The molecule has 3 heteroatoms. The minimum absolute atomic E-state index is 0.0105. The maximum Gasteiger partial charge on any atom is 0.0613 e. The van der Waals surface area contributed by atoms with E-state index in [1.807, 2.05) is 0 Å². The molecule has 1 aliphatic rings. The highest BCUT2D eigenvalue weighted by Crippen LogP contribution is 2.37. The molecule has 0 aromatic heterocycles. The highest BCUT2D eigenvalue weighted by Gasteiger charge is 2.38. The van der Waals surface area contributed by atoms with Gasteiger partial charge < -0.3 is 10.4 Å². The molecular formula is C14H29NOS. The van der Waals surface area contributed by atoms with Crippen LogP contribution in [0.1, 0.15) is 59.3 Å². The van der Waals surface area contributed by atoms with Crippen LogP contribution in [0.15, 0.2) is 0 Å². The van der Waals surface area contributed by atoms with Crippen molar-refractivity contribution in [3.05, 3.63) is 0 Å². The van der Waals surface area contributed by atoms with Crippen LogP contribution in [0.5, 0.6) is 0 Å². The average molecular weight is 259 g/mol. The molecule has 0 aromatic rings. The Labute approximate surface area is 111 Å². The molecule has 2 unspecified atom stereocenters. The van der Waals surface area contributed by atoms with E-state index >= 15 is 0 Å². The van der Waals surface area contributed by atoms with Crippen LogP contribution in [0.3, 0.4) is 0 Å². The lowest BCUT2D eigenvalue weighted by Gasteiger charge is -2.31. The summed E-state index contributed by atoms with van der Waals surface area (Å²) >= 11 is 2.12. The van der Waals surface area contributed by atoms with Gasteiger partial charge in [0.2, 0.25) is 0 Å². The molecule has 2 nitrogen and oxygen atoms in total. The zero-order valence-electron chi connectivity index (χ0n) is 11.7. The van der Waals surface area contributed by atoms with E-state index in [0.29, 0.717) is 6.04 Å². The van der Waals surface area contributed by atoms with E-state index in [9.17, 15) is 5.11 Å². The number of nitrogens with one attached hydrogen (secondary N) is 1. The Bertz CT molecular complexity index is 210. The number of unbranched alkanes of at least 4 members (excludes halogenated alkanes) is 2. The molecule has 0 aliphatic heterocycles. The highest BCUT2D eigenvalue weighted by molar-refractivity contribution is 7.99. The molecule has 2 N–H and O–H groups in total. The van der Waals surface area contributed by atoms with Gasteiger partial charge in [-0.1, -0.05) is 33.6 Å². The molecule has 1 aliphatic carbocycles. The third-order valence-electron chi connectivity index (χ3n) is 3.56. The van der Waals surface area contributed by atoms with Gasteiger partial charge in [0.05, 0.1) is 6.61 Å². The number of rotatable bonds is 8. The van der Waals surface area contributed by atoms with Gasteiger partial charge in [0.15, 0.2) is 0 Å². The zero-order chi connectivity index (χ0) is 12.7. The molecular weight excluding hydrogens is 230 g/mol. The maximum absolute atomic E-state index is 9.62. The van der Waals surface area contributed by atoms with Gasteiger partial charge in [-0.3, -0.25) is 0 Å². The molecule has 1 saturated carbocycles.